The smallest absolute Gasteiger partial charge is 0.191 e. The minimum absolute atomic E-state index is 0.498. The number of thiophene rings is 1. The number of nitrogens with zero attached hydrogens (tertiary/aromatic N) is 3. The lowest BCUT2D eigenvalue weighted by atomic mass is 10.2. The summed E-state index contributed by atoms with van der Waals surface area (Å²) in [6, 6.07) is 4.91. The van der Waals surface area contributed by atoms with E-state index in [0.29, 0.717) is 6.04 Å². The van der Waals surface area contributed by atoms with Gasteiger partial charge in [-0.25, -0.2) is 0 Å². The van der Waals surface area contributed by atoms with Crippen LogP contribution in [0.2, 0.25) is 0 Å². The van der Waals surface area contributed by atoms with Gasteiger partial charge in [0.05, 0.1) is 36.8 Å². The molecule has 2 aromatic rings. The zero-order valence-electron chi connectivity index (χ0n) is 15.0. The summed E-state index contributed by atoms with van der Waals surface area (Å²) < 4.78 is 2.26. The summed E-state index contributed by atoms with van der Waals surface area (Å²) in [7, 11) is 2.15. The van der Waals surface area contributed by atoms with Gasteiger partial charge >= 0.3 is 0 Å². The summed E-state index contributed by atoms with van der Waals surface area (Å²) in [4.78, 5) is 4.89. The van der Waals surface area contributed by atoms with Gasteiger partial charge in [-0.05, 0) is 11.4 Å². The molecule has 5 nitrogen and oxygen atoms in total. The van der Waals surface area contributed by atoms with Crippen LogP contribution in [0, 0.1) is 0 Å². The van der Waals surface area contributed by atoms with Gasteiger partial charge in [-0.15, -0.1) is 21.5 Å². The number of thioether (sulfide) groups is 1. The Labute approximate surface area is 158 Å². The van der Waals surface area contributed by atoms with Crippen LogP contribution in [-0.2, 0) is 13.6 Å². The molecule has 0 spiro atoms. The van der Waals surface area contributed by atoms with Crippen molar-refractivity contribution in [3.8, 4) is 0 Å². The van der Waals surface area contributed by atoms with E-state index in [2.05, 4.69) is 39.3 Å². The fraction of sp³-hybridized carbons (Fsp3) is 0.667. The second-order valence-electron chi connectivity index (χ2n) is 7.31. The van der Waals surface area contributed by atoms with E-state index in [9.17, 15) is 0 Å². The van der Waals surface area contributed by atoms with E-state index in [1.54, 1.807) is 9.80 Å². The first-order chi connectivity index (χ1) is 12.3. The van der Waals surface area contributed by atoms with E-state index in [1.807, 2.05) is 23.1 Å². The maximum atomic E-state index is 4.60. The Bertz CT molecular complexity index is 663. The highest BCUT2D eigenvalue weighted by molar-refractivity contribution is 7.99. The number of quaternary nitrogens is 2. The molecule has 0 bridgehead atoms. The lowest BCUT2D eigenvalue weighted by Gasteiger charge is -2.20. The molecule has 2 aromatic heterocycles. The van der Waals surface area contributed by atoms with Crippen molar-refractivity contribution in [2.24, 2.45) is 7.05 Å². The molecular weight excluding hydrogens is 350 g/mol. The van der Waals surface area contributed by atoms with Gasteiger partial charge in [-0.2, -0.15) is 0 Å². The highest BCUT2D eigenvalue weighted by Gasteiger charge is 2.34. The number of rotatable bonds is 7. The van der Waals surface area contributed by atoms with Crippen molar-refractivity contribution in [3.05, 3.63) is 28.2 Å². The fourth-order valence-electron chi connectivity index (χ4n) is 4.24. The van der Waals surface area contributed by atoms with Crippen molar-refractivity contribution in [2.45, 2.75) is 43.4 Å². The van der Waals surface area contributed by atoms with E-state index in [1.165, 1.54) is 62.6 Å². The predicted molar refractivity (Wildman–Crippen MR) is 102 cm³/mol. The van der Waals surface area contributed by atoms with Crippen molar-refractivity contribution in [1.82, 2.24) is 14.8 Å². The molecule has 4 heterocycles. The Morgan fingerprint density at radius 2 is 2.12 bits per heavy atom. The van der Waals surface area contributed by atoms with E-state index >= 15 is 0 Å². The maximum absolute atomic E-state index is 4.60. The van der Waals surface area contributed by atoms with Crippen LogP contribution in [-0.4, -0.2) is 46.7 Å². The minimum atomic E-state index is 0.498. The number of likely N-dealkylation sites (tertiary alicyclic amines) is 2. The second kappa shape index (κ2) is 8.20. The quantitative estimate of drug-likeness (QED) is 0.691. The Morgan fingerprint density at radius 3 is 2.92 bits per heavy atom. The molecule has 0 radical (unpaired) electrons. The van der Waals surface area contributed by atoms with Gasteiger partial charge in [0, 0.05) is 32.7 Å². The molecule has 2 fully saturated rings. The Hall–Kier alpha value is -0.890. The number of hydrogen-bond donors (Lipinski definition) is 2. The van der Waals surface area contributed by atoms with Crippen LogP contribution in [0.1, 0.15) is 42.4 Å². The molecule has 0 saturated carbocycles. The normalized spacial score (nSPS) is 24.4. The zero-order valence-corrected chi connectivity index (χ0v) is 16.7. The molecule has 2 saturated heterocycles. The maximum Gasteiger partial charge on any atom is 0.191 e. The summed E-state index contributed by atoms with van der Waals surface area (Å²) in [5.74, 6) is 2.33. The topological polar surface area (TPSA) is 39.6 Å². The Morgan fingerprint density at radius 1 is 1.24 bits per heavy atom. The molecule has 2 aliphatic heterocycles. The fourth-order valence-corrected chi connectivity index (χ4v) is 5.96. The van der Waals surface area contributed by atoms with Crippen molar-refractivity contribution >= 4 is 23.1 Å². The molecular formula is C18H29N5S2+2. The molecule has 2 aliphatic rings. The van der Waals surface area contributed by atoms with Gasteiger partial charge in [0.2, 0.25) is 0 Å². The average Bonchev–Trinajstić information content (AvgIpc) is 3.38. The molecule has 1 unspecified atom stereocenters. The summed E-state index contributed by atoms with van der Waals surface area (Å²) in [6.07, 6.45) is 5.32. The molecule has 7 heteroatoms. The van der Waals surface area contributed by atoms with Gasteiger partial charge in [0.25, 0.3) is 0 Å². The van der Waals surface area contributed by atoms with Crippen LogP contribution >= 0.6 is 23.1 Å². The SMILES string of the molecule is Cn1c(SCC[NH+]2CCCC2)nnc1[C@@H]1CCC[NH+]1Cc1cccs1. The molecule has 0 amide bonds. The van der Waals surface area contributed by atoms with E-state index in [4.69, 9.17) is 0 Å². The molecule has 4 rings (SSSR count). The Balaban J connectivity index is 1.37. The molecule has 0 aliphatic carbocycles. The van der Waals surface area contributed by atoms with Gasteiger partial charge in [0.1, 0.15) is 12.6 Å². The van der Waals surface area contributed by atoms with Crippen molar-refractivity contribution in [1.29, 1.82) is 0 Å². The number of nitrogens with one attached hydrogen (secondary N) is 2. The first-order valence-corrected chi connectivity index (χ1v) is 11.4. The first-order valence-electron chi connectivity index (χ1n) is 9.54. The summed E-state index contributed by atoms with van der Waals surface area (Å²) in [5, 5.41) is 12.4. The molecule has 2 atom stereocenters. The van der Waals surface area contributed by atoms with Gasteiger partial charge in [-0.1, -0.05) is 17.8 Å². The van der Waals surface area contributed by atoms with Crippen molar-refractivity contribution in [3.63, 3.8) is 0 Å². The van der Waals surface area contributed by atoms with Crippen molar-refractivity contribution < 1.29 is 9.80 Å². The van der Waals surface area contributed by atoms with Gasteiger partial charge in [-0.3, -0.25) is 0 Å². The summed E-state index contributed by atoms with van der Waals surface area (Å²) >= 11 is 3.75. The monoisotopic (exact) mass is 379 g/mol. The highest BCUT2D eigenvalue weighted by Crippen LogP contribution is 2.22. The lowest BCUT2D eigenvalue weighted by Crippen LogP contribution is -3.10. The van der Waals surface area contributed by atoms with Gasteiger partial charge < -0.3 is 14.4 Å². The molecule has 2 N–H and O–H groups in total. The zero-order chi connectivity index (χ0) is 17.1. The Kier molecular flexibility index (Phi) is 5.75. The molecule has 0 aromatic carbocycles. The third kappa shape index (κ3) is 4.10. The predicted octanol–water partition coefficient (Wildman–Crippen LogP) is 0.567. The van der Waals surface area contributed by atoms with Crippen LogP contribution in [0.15, 0.2) is 22.7 Å². The lowest BCUT2D eigenvalue weighted by molar-refractivity contribution is -0.932. The third-order valence-corrected chi connectivity index (χ3v) is 7.54. The van der Waals surface area contributed by atoms with E-state index in [-0.39, 0.29) is 0 Å². The standard InChI is InChI=1S/C18H27N5S2/c1-21-17(16-7-4-10-23(16)14-15-6-5-12-24-15)19-20-18(21)25-13-11-22-8-2-3-9-22/h5-6,12,16H,2-4,7-11,13-14H2,1H3/p+2/t16-/m0/s1. The van der Waals surface area contributed by atoms with Crippen LogP contribution < -0.4 is 9.80 Å². The first kappa shape index (κ1) is 17.5. The van der Waals surface area contributed by atoms with Crippen LogP contribution in [0.4, 0.5) is 0 Å². The average molecular weight is 380 g/mol. The minimum Gasteiger partial charge on any atom is -0.334 e. The second-order valence-corrected chi connectivity index (χ2v) is 9.41. The van der Waals surface area contributed by atoms with E-state index in [0.717, 1.165) is 17.5 Å². The third-order valence-electron chi connectivity index (χ3n) is 5.64. The van der Waals surface area contributed by atoms with Crippen molar-refractivity contribution in [2.75, 3.05) is 31.9 Å². The van der Waals surface area contributed by atoms with Crippen LogP contribution in [0.25, 0.3) is 0 Å². The summed E-state index contributed by atoms with van der Waals surface area (Å²) in [5.41, 5.74) is 0. The molecule has 136 valence electrons. The van der Waals surface area contributed by atoms with Crippen LogP contribution in [0.5, 0.6) is 0 Å². The van der Waals surface area contributed by atoms with E-state index < -0.39 is 0 Å². The van der Waals surface area contributed by atoms with Crippen LogP contribution in [0.3, 0.4) is 0 Å². The highest BCUT2D eigenvalue weighted by atomic mass is 32.2. The number of hydrogen-bond acceptors (Lipinski definition) is 4. The largest absolute Gasteiger partial charge is 0.334 e. The molecule has 25 heavy (non-hydrogen) atoms. The number of aromatic nitrogens is 3. The van der Waals surface area contributed by atoms with Gasteiger partial charge in [0.15, 0.2) is 11.0 Å². The summed E-state index contributed by atoms with van der Waals surface area (Å²) in [6.45, 7) is 6.33.